The summed E-state index contributed by atoms with van der Waals surface area (Å²) < 4.78 is 11.6. The van der Waals surface area contributed by atoms with Crippen LogP contribution in [0.15, 0.2) is 18.5 Å². The lowest BCUT2D eigenvalue weighted by Gasteiger charge is -2.16. The van der Waals surface area contributed by atoms with Gasteiger partial charge in [-0.3, -0.25) is 4.98 Å². The Kier molecular flexibility index (Phi) is 5.43. The van der Waals surface area contributed by atoms with E-state index >= 15 is 0 Å². The highest BCUT2D eigenvalue weighted by Crippen LogP contribution is 2.21. The van der Waals surface area contributed by atoms with Gasteiger partial charge < -0.3 is 14.8 Å². The molecule has 2 unspecified atom stereocenters. The summed E-state index contributed by atoms with van der Waals surface area (Å²) in [5.74, 6) is 0.694. The lowest BCUT2D eigenvalue weighted by molar-refractivity contribution is 0.0178. The van der Waals surface area contributed by atoms with Crippen LogP contribution in [0, 0.1) is 0 Å². The summed E-state index contributed by atoms with van der Waals surface area (Å²) in [6.45, 7) is 5.75. The van der Waals surface area contributed by atoms with Crippen LogP contribution in [-0.4, -0.2) is 36.4 Å². The molecule has 2 heterocycles. The first-order valence-electron chi connectivity index (χ1n) is 6.75. The fourth-order valence-corrected chi connectivity index (χ4v) is 2.24. The van der Waals surface area contributed by atoms with Crippen LogP contribution in [0.5, 0.6) is 5.75 Å². The molecule has 1 N–H and O–H groups in total. The van der Waals surface area contributed by atoms with Crippen molar-refractivity contribution in [2.45, 2.75) is 44.9 Å². The van der Waals surface area contributed by atoms with E-state index in [1.807, 2.05) is 0 Å². The van der Waals surface area contributed by atoms with Gasteiger partial charge >= 0.3 is 0 Å². The van der Waals surface area contributed by atoms with Crippen molar-refractivity contribution < 1.29 is 9.47 Å². The molecule has 2 atom stereocenters. The van der Waals surface area contributed by atoms with E-state index in [1.54, 1.807) is 18.5 Å². The van der Waals surface area contributed by atoms with Gasteiger partial charge in [0.2, 0.25) is 0 Å². The van der Waals surface area contributed by atoms with Crippen molar-refractivity contribution in [2.24, 2.45) is 0 Å². The van der Waals surface area contributed by atoms with Crippen LogP contribution >= 0.6 is 11.6 Å². The standard InChI is InChI=1S/C14H21ClN2O2/c1-10(2)17-8-12-3-4-13(19-12)9-18-14-5-11(15)6-16-7-14/h5-7,10,12-13,17H,3-4,8-9H2,1-2H3. The molecule has 0 aliphatic carbocycles. The molecule has 1 aliphatic rings. The number of aromatic nitrogens is 1. The predicted octanol–water partition coefficient (Wildman–Crippen LogP) is 2.66. The Bertz CT molecular complexity index is 401. The van der Waals surface area contributed by atoms with Crippen molar-refractivity contribution in [3.05, 3.63) is 23.5 Å². The molecular weight excluding hydrogens is 264 g/mol. The molecule has 0 radical (unpaired) electrons. The first-order valence-corrected chi connectivity index (χ1v) is 7.13. The molecule has 0 saturated carbocycles. The predicted molar refractivity (Wildman–Crippen MR) is 75.8 cm³/mol. The molecule has 4 nitrogen and oxygen atoms in total. The number of rotatable bonds is 6. The van der Waals surface area contributed by atoms with Crippen LogP contribution in [0.4, 0.5) is 0 Å². The third-order valence-electron chi connectivity index (χ3n) is 3.06. The summed E-state index contributed by atoms with van der Waals surface area (Å²) in [6, 6.07) is 2.26. The molecule has 1 saturated heterocycles. The largest absolute Gasteiger partial charge is 0.489 e. The van der Waals surface area contributed by atoms with E-state index in [9.17, 15) is 0 Å². The van der Waals surface area contributed by atoms with Crippen molar-refractivity contribution >= 4 is 11.6 Å². The smallest absolute Gasteiger partial charge is 0.139 e. The molecule has 0 aromatic carbocycles. The van der Waals surface area contributed by atoms with Gasteiger partial charge in [-0.25, -0.2) is 0 Å². The van der Waals surface area contributed by atoms with E-state index in [0.29, 0.717) is 29.5 Å². The zero-order chi connectivity index (χ0) is 13.7. The van der Waals surface area contributed by atoms with Crippen molar-refractivity contribution in [3.8, 4) is 5.75 Å². The quantitative estimate of drug-likeness (QED) is 0.872. The molecule has 0 bridgehead atoms. The van der Waals surface area contributed by atoms with Gasteiger partial charge in [0, 0.05) is 24.8 Å². The minimum atomic E-state index is 0.165. The zero-order valence-corrected chi connectivity index (χ0v) is 12.2. The van der Waals surface area contributed by atoms with Crippen LogP contribution in [0.2, 0.25) is 5.02 Å². The molecule has 1 aromatic heterocycles. The normalized spacial score (nSPS) is 22.9. The second kappa shape index (κ2) is 7.08. The second-order valence-electron chi connectivity index (χ2n) is 5.17. The van der Waals surface area contributed by atoms with E-state index in [4.69, 9.17) is 21.1 Å². The molecule has 5 heteroatoms. The van der Waals surface area contributed by atoms with Gasteiger partial charge in [-0.05, 0) is 12.8 Å². The molecular formula is C14H21ClN2O2. The first-order chi connectivity index (χ1) is 9.13. The third kappa shape index (κ3) is 4.97. The van der Waals surface area contributed by atoms with Crippen LogP contribution < -0.4 is 10.1 Å². The van der Waals surface area contributed by atoms with E-state index in [-0.39, 0.29) is 6.10 Å². The van der Waals surface area contributed by atoms with Crippen molar-refractivity contribution in [3.63, 3.8) is 0 Å². The van der Waals surface area contributed by atoms with Gasteiger partial charge in [-0.15, -0.1) is 0 Å². The maximum atomic E-state index is 5.92. The van der Waals surface area contributed by atoms with Crippen molar-refractivity contribution in [2.75, 3.05) is 13.2 Å². The summed E-state index contributed by atoms with van der Waals surface area (Å²) in [6.07, 6.45) is 5.85. The first kappa shape index (κ1) is 14.6. The van der Waals surface area contributed by atoms with Crippen LogP contribution in [0.25, 0.3) is 0 Å². The summed E-state index contributed by atoms with van der Waals surface area (Å²) in [5.41, 5.74) is 0. The highest BCUT2D eigenvalue weighted by atomic mass is 35.5. The van der Waals surface area contributed by atoms with Crippen molar-refractivity contribution in [1.82, 2.24) is 10.3 Å². The number of hydrogen-bond donors (Lipinski definition) is 1. The molecule has 1 aromatic rings. The van der Waals surface area contributed by atoms with E-state index in [2.05, 4.69) is 24.1 Å². The van der Waals surface area contributed by atoms with Crippen LogP contribution in [-0.2, 0) is 4.74 Å². The van der Waals surface area contributed by atoms with Gasteiger partial charge in [0.15, 0.2) is 0 Å². The highest BCUT2D eigenvalue weighted by molar-refractivity contribution is 6.30. The monoisotopic (exact) mass is 284 g/mol. The average Bonchev–Trinajstić information content (AvgIpc) is 2.82. The minimum absolute atomic E-state index is 0.165. The highest BCUT2D eigenvalue weighted by Gasteiger charge is 2.25. The van der Waals surface area contributed by atoms with Crippen LogP contribution in [0.3, 0.4) is 0 Å². The lowest BCUT2D eigenvalue weighted by atomic mass is 10.2. The molecule has 1 aliphatic heterocycles. The molecule has 0 spiro atoms. The average molecular weight is 285 g/mol. The van der Waals surface area contributed by atoms with E-state index in [1.165, 1.54) is 0 Å². The Balaban J connectivity index is 1.70. The summed E-state index contributed by atoms with van der Waals surface area (Å²) in [7, 11) is 0. The molecule has 1 fully saturated rings. The fourth-order valence-electron chi connectivity index (χ4n) is 2.08. The zero-order valence-electron chi connectivity index (χ0n) is 11.4. The van der Waals surface area contributed by atoms with Gasteiger partial charge in [0.1, 0.15) is 12.4 Å². The molecule has 19 heavy (non-hydrogen) atoms. The summed E-state index contributed by atoms with van der Waals surface area (Å²) >= 11 is 5.85. The van der Waals surface area contributed by atoms with E-state index < -0.39 is 0 Å². The van der Waals surface area contributed by atoms with Gasteiger partial charge in [0.05, 0.1) is 23.4 Å². The number of nitrogens with one attached hydrogen (secondary N) is 1. The SMILES string of the molecule is CC(C)NCC1CCC(COc2cncc(Cl)c2)O1. The molecule has 106 valence electrons. The molecule has 2 rings (SSSR count). The van der Waals surface area contributed by atoms with Crippen molar-refractivity contribution in [1.29, 1.82) is 0 Å². The topological polar surface area (TPSA) is 43.4 Å². The Morgan fingerprint density at radius 3 is 2.95 bits per heavy atom. The molecule has 0 amide bonds. The van der Waals surface area contributed by atoms with Gasteiger partial charge in [-0.2, -0.15) is 0 Å². The maximum Gasteiger partial charge on any atom is 0.139 e. The van der Waals surface area contributed by atoms with Gasteiger partial charge in [0.25, 0.3) is 0 Å². The Morgan fingerprint density at radius 2 is 2.21 bits per heavy atom. The third-order valence-corrected chi connectivity index (χ3v) is 3.27. The number of nitrogens with zero attached hydrogens (tertiary/aromatic N) is 1. The Morgan fingerprint density at radius 1 is 1.42 bits per heavy atom. The Labute approximate surface area is 119 Å². The lowest BCUT2D eigenvalue weighted by Crippen LogP contribution is -2.32. The van der Waals surface area contributed by atoms with E-state index in [0.717, 1.165) is 19.4 Å². The Hall–Kier alpha value is -0.840. The maximum absolute atomic E-state index is 5.92. The number of pyridine rings is 1. The number of hydrogen-bond acceptors (Lipinski definition) is 4. The summed E-state index contributed by atoms with van der Waals surface area (Å²) in [5, 5.41) is 3.98. The van der Waals surface area contributed by atoms with Crippen LogP contribution in [0.1, 0.15) is 26.7 Å². The number of halogens is 1. The minimum Gasteiger partial charge on any atom is -0.489 e. The van der Waals surface area contributed by atoms with Gasteiger partial charge in [-0.1, -0.05) is 25.4 Å². The fraction of sp³-hybridized carbons (Fsp3) is 0.643. The summed E-state index contributed by atoms with van der Waals surface area (Å²) in [4.78, 5) is 3.99. The number of ether oxygens (including phenoxy) is 2. The second-order valence-corrected chi connectivity index (χ2v) is 5.61.